The summed E-state index contributed by atoms with van der Waals surface area (Å²) in [5.41, 5.74) is 3.30. The molecule has 0 aliphatic rings. The summed E-state index contributed by atoms with van der Waals surface area (Å²) >= 11 is 0. The number of methoxy groups -OCH3 is 1. The van der Waals surface area contributed by atoms with Crippen molar-refractivity contribution in [1.82, 2.24) is 4.98 Å². The lowest BCUT2D eigenvalue weighted by Crippen LogP contribution is -1.98. The second kappa shape index (κ2) is 6.88. The van der Waals surface area contributed by atoms with Gasteiger partial charge in [0.15, 0.2) is 11.5 Å². The predicted octanol–water partition coefficient (Wildman–Crippen LogP) is 4.11. The molecule has 1 aromatic heterocycles. The fraction of sp³-hybridized carbons (Fsp3) is 0.158. The molecule has 5 heteroatoms. The third-order valence-electron chi connectivity index (χ3n) is 3.52. The van der Waals surface area contributed by atoms with Crippen molar-refractivity contribution in [2.45, 2.75) is 13.5 Å². The number of rotatable bonds is 5. The highest BCUT2D eigenvalue weighted by Crippen LogP contribution is 2.29. The molecule has 120 valence electrons. The Hall–Kier alpha value is -3.26. The molecule has 0 saturated heterocycles. The second-order valence-corrected chi connectivity index (χ2v) is 5.28. The van der Waals surface area contributed by atoms with Crippen LogP contribution < -0.4 is 9.47 Å². The van der Waals surface area contributed by atoms with Crippen LogP contribution in [0.25, 0.3) is 11.5 Å². The largest absolute Gasteiger partial charge is 0.493 e. The lowest BCUT2D eigenvalue weighted by molar-refractivity contribution is 0.280. The molecule has 0 aliphatic carbocycles. The first-order valence-electron chi connectivity index (χ1n) is 7.42. The summed E-state index contributed by atoms with van der Waals surface area (Å²) < 4.78 is 16.5. The number of aryl methyl sites for hydroxylation is 1. The Balaban J connectivity index is 1.72. The van der Waals surface area contributed by atoms with Crippen molar-refractivity contribution >= 4 is 0 Å². The fourth-order valence-corrected chi connectivity index (χ4v) is 2.21. The maximum absolute atomic E-state index is 8.92. The van der Waals surface area contributed by atoms with Gasteiger partial charge in [0.25, 0.3) is 0 Å². The lowest BCUT2D eigenvalue weighted by atomic mass is 10.1. The number of hydrogen-bond donors (Lipinski definition) is 0. The van der Waals surface area contributed by atoms with Gasteiger partial charge in [0.2, 0.25) is 5.89 Å². The number of benzene rings is 2. The van der Waals surface area contributed by atoms with Gasteiger partial charge in [0.1, 0.15) is 18.6 Å². The van der Waals surface area contributed by atoms with E-state index in [2.05, 4.69) is 11.1 Å². The van der Waals surface area contributed by atoms with Gasteiger partial charge in [-0.25, -0.2) is 4.98 Å². The van der Waals surface area contributed by atoms with Gasteiger partial charge in [-0.3, -0.25) is 0 Å². The molecular weight excluding hydrogens is 304 g/mol. The molecule has 3 aromatic rings. The first kappa shape index (κ1) is 15.6. The van der Waals surface area contributed by atoms with Crippen molar-refractivity contribution in [3.05, 3.63) is 65.5 Å². The van der Waals surface area contributed by atoms with Gasteiger partial charge in [-0.05, 0) is 31.2 Å². The summed E-state index contributed by atoms with van der Waals surface area (Å²) in [5, 5.41) is 8.92. The van der Waals surface area contributed by atoms with Crippen LogP contribution in [0.5, 0.6) is 11.5 Å². The monoisotopic (exact) mass is 320 g/mol. The first-order valence-corrected chi connectivity index (χ1v) is 7.42. The van der Waals surface area contributed by atoms with Crippen LogP contribution in [-0.4, -0.2) is 12.1 Å². The van der Waals surface area contributed by atoms with Crippen LogP contribution >= 0.6 is 0 Å². The summed E-state index contributed by atoms with van der Waals surface area (Å²) in [6, 6.07) is 15.0. The summed E-state index contributed by atoms with van der Waals surface area (Å²) in [4.78, 5) is 4.43. The van der Waals surface area contributed by atoms with Gasteiger partial charge < -0.3 is 13.9 Å². The molecule has 1 heterocycles. The smallest absolute Gasteiger partial charge is 0.226 e. The minimum Gasteiger partial charge on any atom is -0.493 e. The van der Waals surface area contributed by atoms with E-state index in [0.29, 0.717) is 28.6 Å². The van der Waals surface area contributed by atoms with Crippen molar-refractivity contribution < 1.29 is 13.9 Å². The summed E-state index contributed by atoms with van der Waals surface area (Å²) in [5.74, 6) is 1.62. The summed E-state index contributed by atoms with van der Waals surface area (Å²) in [6.45, 7) is 2.28. The zero-order valence-electron chi connectivity index (χ0n) is 13.4. The first-order chi connectivity index (χ1) is 11.7. The molecular formula is C19H16N2O3. The summed E-state index contributed by atoms with van der Waals surface area (Å²) in [7, 11) is 1.54. The average Bonchev–Trinajstić information content (AvgIpc) is 3.09. The molecule has 0 N–H and O–H groups in total. The van der Waals surface area contributed by atoms with E-state index in [1.54, 1.807) is 24.5 Å². The molecule has 0 saturated carbocycles. The molecule has 0 radical (unpaired) electrons. The number of oxazole rings is 1. The van der Waals surface area contributed by atoms with Crippen molar-refractivity contribution in [1.29, 1.82) is 5.26 Å². The van der Waals surface area contributed by atoms with Crippen LogP contribution in [0, 0.1) is 18.3 Å². The highest BCUT2D eigenvalue weighted by Gasteiger charge is 2.10. The van der Waals surface area contributed by atoms with Crippen LogP contribution in [-0.2, 0) is 6.61 Å². The van der Waals surface area contributed by atoms with Crippen LogP contribution in [0.4, 0.5) is 0 Å². The third kappa shape index (κ3) is 3.39. The van der Waals surface area contributed by atoms with Gasteiger partial charge in [0, 0.05) is 11.6 Å². The number of nitrogens with zero attached hydrogens (tertiary/aromatic N) is 2. The third-order valence-corrected chi connectivity index (χ3v) is 3.52. The van der Waals surface area contributed by atoms with Gasteiger partial charge >= 0.3 is 0 Å². The fourth-order valence-electron chi connectivity index (χ4n) is 2.21. The van der Waals surface area contributed by atoms with Crippen LogP contribution in [0.3, 0.4) is 0 Å². The quantitative estimate of drug-likeness (QED) is 0.707. The second-order valence-electron chi connectivity index (χ2n) is 5.28. The van der Waals surface area contributed by atoms with Crippen molar-refractivity contribution in [3.63, 3.8) is 0 Å². The van der Waals surface area contributed by atoms with Crippen LogP contribution in [0.15, 0.2) is 53.1 Å². The van der Waals surface area contributed by atoms with E-state index in [4.69, 9.17) is 19.2 Å². The molecule has 5 nitrogen and oxygen atoms in total. The standard InChI is InChI=1S/C19H16N2O3/c1-13-3-6-15(7-4-13)19-21-16(12-24-19)11-23-17-8-5-14(10-20)9-18(17)22-2/h3-9,12H,11H2,1-2H3. The minimum atomic E-state index is 0.248. The van der Waals surface area contributed by atoms with E-state index in [-0.39, 0.29) is 6.61 Å². The molecule has 24 heavy (non-hydrogen) atoms. The predicted molar refractivity (Wildman–Crippen MR) is 88.7 cm³/mol. The van der Waals surface area contributed by atoms with Crippen LogP contribution in [0.2, 0.25) is 0 Å². The Bertz CT molecular complexity index is 876. The van der Waals surface area contributed by atoms with Crippen molar-refractivity contribution in [3.8, 4) is 29.0 Å². The van der Waals surface area contributed by atoms with E-state index < -0.39 is 0 Å². The molecule has 0 unspecified atom stereocenters. The Morgan fingerprint density at radius 3 is 2.62 bits per heavy atom. The number of aromatic nitrogens is 1. The highest BCUT2D eigenvalue weighted by atomic mass is 16.5. The Morgan fingerprint density at radius 1 is 1.12 bits per heavy atom. The number of nitriles is 1. The van der Waals surface area contributed by atoms with E-state index >= 15 is 0 Å². The SMILES string of the molecule is COc1cc(C#N)ccc1OCc1coc(-c2ccc(C)cc2)n1. The molecule has 0 bridgehead atoms. The molecule has 0 atom stereocenters. The molecule has 0 aliphatic heterocycles. The van der Waals surface area contributed by atoms with Crippen LogP contribution in [0.1, 0.15) is 16.8 Å². The zero-order valence-corrected chi connectivity index (χ0v) is 13.4. The number of hydrogen-bond acceptors (Lipinski definition) is 5. The molecule has 0 fully saturated rings. The number of ether oxygens (including phenoxy) is 2. The Labute approximate surface area is 140 Å². The maximum atomic E-state index is 8.92. The van der Waals surface area contributed by atoms with E-state index in [1.165, 1.54) is 12.7 Å². The average molecular weight is 320 g/mol. The minimum absolute atomic E-state index is 0.248. The van der Waals surface area contributed by atoms with Crippen molar-refractivity contribution in [2.75, 3.05) is 7.11 Å². The van der Waals surface area contributed by atoms with E-state index in [9.17, 15) is 0 Å². The Morgan fingerprint density at radius 2 is 1.92 bits per heavy atom. The normalized spacial score (nSPS) is 10.2. The highest BCUT2D eigenvalue weighted by molar-refractivity contribution is 5.53. The maximum Gasteiger partial charge on any atom is 0.226 e. The van der Waals surface area contributed by atoms with Crippen molar-refractivity contribution in [2.24, 2.45) is 0 Å². The summed E-state index contributed by atoms with van der Waals surface area (Å²) in [6.07, 6.45) is 1.57. The van der Waals surface area contributed by atoms with Gasteiger partial charge in [0.05, 0.1) is 18.7 Å². The topological polar surface area (TPSA) is 68.3 Å². The molecule has 0 amide bonds. The van der Waals surface area contributed by atoms with Gasteiger partial charge in [-0.15, -0.1) is 0 Å². The molecule has 3 rings (SSSR count). The van der Waals surface area contributed by atoms with E-state index in [1.807, 2.05) is 31.2 Å². The lowest BCUT2D eigenvalue weighted by Gasteiger charge is -2.09. The van der Waals surface area contributed by atoms with Gasteiger partial charge in [-0.2, -0.15) is 5.26 Å². The zero-order chi connectivity index (χ0) is 16.9. The molecule has 0 spiro atoms. The molecule has 2 aromatic carbocycles. The Kier molecular flexibility index (Phi) is 4.48. The van der Waals surface area contributed by atoms with E-state index in [0.717, 1.165) is 5.56 Å². The van der Waals surface area contributed by atoms with Gasteiger partial charge in [-0.1, -0.05) is 17.7 Å².